The molecular formula is C13H14ClN5O2. The summed E-state index contributed by atoms with van der Waals surface area (Å²) in [5.74, 6) is 1.20. The number of fused-ring (bicyclic) bond motifs is 1. The van der Waals surface area contributed by atoms with Crippen molar-refractivity contribution >= 4 is 23.5 Å². The quantitative estimate of drug-likeness (QED) is 0.863. The maximum atomic E-state index is 11.0. The largest absolute Gasteiger partial charge is 0.465 e. The van der Waals surface area contributed by atoms with Crippen molar-refractivity contribution in [2.45, 2.75) is 18.9 Å². The summed E-state index contributed by atoms with van der Waals surface area (Å²) in [5.41, 5.74) is 0.374. The molecule has 0 aromatic carbocycles. The highest BCUT2D eigenvalue weighted by Gasteiger charge is 2.42. The molecule has 1 saturated heterocycles. The first-order chi connectivity index (χ1) is 10.1. The van der Waals surface area contributed by atoms with Crippen LogP contribution in [0, 0.1) is 23.2 Å². The van der Waals surface area contributed by atoms with Gasteiger partial charge in [-0.25, -0.2) is 4.79 Å². The standard InChI is InChI=1S/C13H14ClN5O2/c14-11-3-7(4-15)12(18-17-11)16-10-1-8-5-19(13(20)21)6-9(8)2-10/h3,8-10H,1-2,5-6H2,(H,16,18)(H,20,21)/t8-,9+,10+. The highest BCUT2D eigenvalue weighted by atomic mass is 35.5. The number of rotatable bonds is 2. The van der Waals surface area contributed by atoms with Crippen molar-refractivity contribution in [3.05, 3.63) is 16.8 Å². The summed E-state index contributed by atoms with van der Waals surface area (Å²) in [6.07, 6.45) is 0.914. The lowest BCUT2D eigenvalue weighted by Gasteiger charge is -2.18. The van der Waals surface area contributed by atoms with Gasteiger partial charge in [0, 0.05) is 19.1 Å². The molecule has 7 nitrogen and oxygen atoms in total. The zero-order valence-electron chi connectivity index (χ0n) is 11.2. The molecule has 1 aliphatic heterocycles. The van der Waals surface area contributed by atoms with E-state index in [1.165, 1.54) is 11.0 Å². The molecule has 2 fully saturated rings. The normalized spacial score (nSPS) is 27.2. The number of carbonyl (C=O) groups is 1. The first-order valence-electron chi connectivity index (χ1n) is 6.74. The predicted octanol–water partition coefficient (Wildman–Crippen LogP) is 1.80. The summed E-state index contributed by atoms with van der Waals surface area (Å²) in [5, 5.41) is 29.2. The van der Waals surface area contributed by atoms with E-state index in [0.717, 1.165) is 12.8 Å². The molecule has 3 atom stereocenters. The van der Waals surface area contributed by atoms with Gasteiger partial charge in [0.2, 0.25) is 0 Å². The smallest absolute Gasteiger partial charge is 0.407 e. The predicted molar refractivity (Wildman–Crippen MR) is 75.0 cm³/mol. The fourth-order valence-corrected chi connectivity index (χ4v) is 3.47. The molecule has 1 saturated carbocycles. The van der Waals surface area contributed by atoms with Crippen LogP contribution < -0.4 is 5.32 Å². The Bertz CT molecular complexity index is 603. The van der Waals surface area contributed by atoms with Gasteiger partial charge in [0.1, 0.15) is 6.07 Å². The van der Waals surface area contributed by atoms with E-state index in [-0.39, 0.29) is 11.2 Å². The third-order valence-corrected chi connectivity index (χ3v) is 4.43. The number of hydrogen-bond acceptors (Lipinski definition) is 5. The number of likely N-dealkylation sites (tertiary alicyclic amines) is 1. The van der Waals surface area contributed by atoms with Crippen molar-refractivity contribution in [3.8, 4) is 6.07 Å². The van der Waals surface area contributed by atoms with E-state index >= 15 is 0 Å². The summed E-state index contributed by atoms with van der Waals surface area (Å²) in [6.45, 7) is 1.19. The van der Waals surface area contributed by atoms with E-state index in [0.29, 0.717) is 36.3 Å². The second kappa shape index (κ2) is 5.37. The van der Waals surface area contributed by atoms with E-state index in [1.54, 1.807) is 0 Å². The van der Waals surface area contributed by atoms with Crippen LogP contribution in [-0.4, -0.2) is 45.4 Å². The Morgan fingerprint density at radius 3 is 2.67 bits per heavy atom. The van der Waals surface area contributed by atoms with Crippen LogP contribution in [-0.2, 0) is 0 Å². The van der Waals surface area contributed by atoms with Gasteiger partial charge < -0.3 is 15.3 Å². The van der Waals surface area contributed by atoms with Crippen LogP contribution in [0.15, 0.2) is 6.07 Å². The summed E-state index contributed by atoms with van der Waals surface area (Å²) in [4.78, 5) is 12.4. The van der Waals surface area contributed by atoms with E-state index in [9.17, 15) is 4.79 Å². The van der Waals surface area contributed by atoms with Crippen LogP contribution in [0.25, 0.3) is 0 Å². The fraction of sp³-hybridized carbons (Fsp3) is 0.538. The number of anilines is 1. The maximum Gasteiger partial charge on any atom is 0.407 e. The van der Waals surface area contributed by atoms with Gasteiger partial charge in [0.05, 0.1) is 5.56 Å². The topological polar surface area (TPSA) is 102 Å². The minimum Gasteiger partial charge on any atom is -0.465 e. The van der Waals surface area contributed by atoms with Gasteiger partial charge >= 0.3 is 6.09 Å². The third-order valence-electron chi connectivity index (χ3n) is 4.25. The van der Waals surface area contributed by atoms with Gasteiger partial charge in [-0.1, -0.05) is 11.6 Å². The minimum atomic E-state index is -0.843. The Kier molecular flexibility index (Phi) is 3.55. The van der Waals surface area contributed by atoms with E-state index in [2.05, 4.69) is 15.5 Å². The van der Waals surface area contributed by atoms with Crippen molar-refractivity contribution in [2.24, 2.45) is 11.8 Å². The summed E-state index contributed by atoms with van der Waals surface area (Å²) in [7, 11) is 0. The molecule has 8 heteroatoms. The number of nitriles is 1. The van der Waals surface area contributed by atoms with E-state index in [4.69, 9.17) is 22.0 Å². The number of aromatic nitrogens is 2. The van der Waals surface area contributed by atoms with E-state index in [1.807, 2.05) is 6.07 Å². The van der Waals surface area contributed by atoms with Crippen LogP contribution in [0.5, 0.6) is 0 Å². The zero-order valence-corrected chi connectivity index (χ0v) is 11.9. The van der Waals surface area contributed by atoms with Gasteiger partial charge in [0.15, 0.2) is 11.0 Å². The first-order valence-corrected chi connectivity index (χ1v) is 7.12. The van der Waals surface area contributed by atoms with Crippen molar-refractivity contribution < 1.29 is 9.90 Å². The van der Waals surface area contributed by atoms with Crippen LogP contribution in [0.2, 0.25) is 5.15 Å². The summed E-state index contributed by atoms with van der Waals surface area (Å²) >= 11 is 5.72. The molecule has 0 unspecified atom stereocenters. The Labute approximate surface area is 126 Å². The second-order valence-electron chi connectivity index (χ2n) is 5.56. The molecule has 1 aromatic rings. The lowest BCUT2D eigenvalue weighted by Crippen LogP contribution is -2.29. The fourth-order valence-electron chi connectivity index (χ4n) is 3.33. The van der Waals surface area contributed by atoms with Crippen molar-refractivity contribution in [2.75, 3.05) is 18.4 Å². The monoisotopic (exact) mass is 307 g/mol. The Morgan fingerprint density at radius 2 is 2.10 bits per heavy atom. The molecule has 1 aromatic heterocycles. The Balaban J connectivity index is 1.65. The van der Waals surface area contributed by atoms with Gasteiger partial charge in [-0.15, -0.1) is 10.2 Å². The van der Waals surface area contributed by atoms with Gasteiger partial charge in [-0.2, -0.15) is 5.26 Å². The van der Waals surface area contributed by atoms with Gasteiger partial charge in [0.25, 0.3) is 0 Å². The first kappa shape index (κ1) is 13.9. The van der Waals surface area contributed by atoms with Crippen molar-refractivity contribution in [1.29, 1.82) is 5.26 Å². The third kappa shape index (κ3) is 2.72. The SMILES string of the molecule is N#Cc1cc(Cl)nnc1N[C@H]1C[C@@H]2CN(C(=O)O)C[C@@H]2C1. The average Bonchev–Trinajstić information content (AvgIpc) is 2.98. The van der Waals surface area contributed by atoms with Gasteiger partial charge in [-0.3, -0.25) is 0 Å². The molecule has 0 bridgehead atoms. The molecule has 0 spiro atoms. The second-order valence-corrected chi connectivity index (χ2v) is 5.95. The lowest BCUT2D eigenvalue weighted by atomic mass is 10.0. The minimum absolute atomic E-state index is 0.192. The van der Waals surface area contributed by atoms with Gasteiger partial charge in [-0.05, 0) is 30.7 Å². The molecule has 3 rings (SSSR count). The molecule has 1 amide bonds. The van der Waals surface area contributed by atoms with Crippen LogP contribution >= 0.6 is 11.6 Å². The molecule has 2 heterocycles. The number of nitrogens with zero attached hydrogens (tertiary/aromatic N) is 4. The van der Waals surface area contributed by atoms with Crippen LogP contribution in [0.1, 0.15) is 18.4 Å². The number of carboxylic acid groups (broad SMARTS) is 1. The Morgan fingerprint density at radius 1 is 1.43 bits per heavy atom. The molecule has 110 valence electrons. The number of nitrogens with one attached hydrogen (secondary N) is 1. The number of halogens is 1. The van der Waals surface area contributed by atoms with Crippen molar-refractivity contribution in [3.63, 3.8) is 0 Å². The lowest BCUT2D eigenvalue weighted by molar-refractivity contribution is 0.152. The van der Waals surface area contributed by atoms with Crippen LogP contribution in [0.3, 0.4) is 0 Å². The van der Waals surface area contributed by atoms with Crippen molar-refractivity contribution in [1.82, 2.24) is 15.1 Å². The summed E-state index contributed by atoms with van der Waals surface area (Å²) < 4.78 is 0. The Hall–Kier alpha value is -2.07. The number of hydrogen-bond donors (Lipinski definition) is 2. The maximum absolute atomic E-state index is 11.0. The average molecular weight is 308 g/mol. The number of amides is 1. The molecule has 2 aliphatic rings. The zero-order chi connectivity index (χ0) is 15.0. The highest BCUT2D eigenvalue weighted by molar-refractivity contribution is 6.29. The molecule has 1 aliphatic carbocycles. The summed E-state index contributed by atoms with van der Waals surface area (Å²) in [6, 6.07) is 3.73. The molecular weight excluding hydrogens is 294 g/mol. The molecule has 0 radical (unpaired) electrons. The van der Waals surface area contributed by atoms with E-state index < -0.39 is 6.09 Å². The molecule has 2 N–H and O–H groups in total. The highest BCUT2D eigenvalue weighted by Crippen LogP contribution is 2.39. The van der Waals surface area contributed by atoms with Crippen LogP contribution in [0.4, 0.5) is 10.6 Å². The molecule has 21 heavy (non-hydrogen) atoms.